The smallest absolute Gasteiger partial charge is 0.344 e. The minimum absolute atomic E-state index is 0.0919. The fraction of sp³-hybridized carbons (Fsp3) is 0.667. The number of hydroxylamine groups is 2. The molecule has 2 aliphatic heterocycles. The van der Waals surface area contributed by atoms with Crippen LogP contribution in [0.4, 0.5) is 4.79 Å². The van der Waals surface area contributed by atoms with Gasteiger partial charge in [-0.15, -0.1) is 10.2 Å². The van der Waals surface area contributed by atoms with Gasteiger partial charge in [-0.1, -0.05) is 22.6 Å². The second-order valence-corrected chi connectivity index (χ2v) is 4.96. The summed E-state index contributed by atoms with van der Waals surface area (Å²) in [5, 5.41) is 18.2. The largest absolute Gasteiger partial charge is 0.422 e. The summed E-state index contributed by atoms with van der Waals surface area (Å²) in [6.45, 7) is 0.530. The van der Waals surface area contributed by atoms with Gasteiger partial charge in [-0.3, -0.25) is 5.21 Å². The summed E-state index contributed by atoms with van der Waals surface area (Å²) in [7, 11) is 0. The van der Waals surface area contributed by atoms with Gasteiger partial charge in [-0.2, -0.15) is 0 Å². The number of carbonyl (C=O) groups excluding carboxylic acids is 1. The fourth-order valence-electron chi connectivity index (χ4n) is 2.36. The zero-order valence-corrected chi connectivity index (χ0v) is 11.1. The number of carbonyl (C=O) groups is 1. The van der Waals surface area contributed by atoms with Gasteiger partial charge < -0.3 is 9.32 Å². The molecule has 2 aliphatic rings. The first kappa shape index (κ1) is 11.2. The summed E-state index contributed by atoms with van der Waals surface area (Å²) in [5.74, 6) is 1.04. The highest BCUT2D eigenvalue weighted by Crippen LogP contribution is 2.36. The molecule has 92 valence electrons. The van der Waals surface area contributed by atoms with Crippen LogP contribution < -0.4 is 0 Å². The van der Waals surface area contributed by atoms with E-state index in [1.165, 1.54) is 0 Å². The SMILES string of the molecule is O=C1N(O)[C@H]2CC[C@@H](c3nnc(CI)o3)N1C2. The molecule has 1 aromatic rings. The monoisotopic (exact) mass is 350 g/mol. The van der Waals surface area contributed by atoms with Crippen LogP contribution in [-0.2, 0) is 4.43 Å². The maximum absolute atomic E-state index is 11.8. The average Bonchev–Trinajstić information content (AvgIpc) is 2.91. The van der Waals surface area contributed by atoms with E-state index in [0.29, 0.717) is 22.8 Å². The molecule has 0 saturated carbocycles. The van der Waals surface area contributed by atoms with Crippen molar-refractivity contribution in [3.05, 3.63) is 11.8 Å². The third-order valence-electron chi connectivity index (χ3n) is 3.23. The lowest BCUT2D eigenvalue weighted by Gasteiger charge is -2.27. The molecule has 1 aromatic heterocycles. The molecule has 7 nitrogen and oxygen atoms in total. The van der Waals surface area contributed by atoms with Crippen LogP contribution in [0.3, 0.4) is 0 Å². The van der Waals surface area contributed by atoms with E-state index in [-0.39, 0.29) is 18.1 Å². The molecule has 3 heterocycles. The number of piperidine rings is 1. The molecule has 1 N–H and O–H groups in total. The van der Waals surface area contributed by atoms with E-state index >= 15 is 0 Å². The van der Waals surface area contributed by atoms with Crippen molar-refractivity contribution in [2.45, 2.75) is 29.4 Å². The Hall–Kier alpha value is -0.900. The number of hydrogen-bond acceptors (Lipinski definition) is 5. The van der Waals surface area contributed by atoms with Crippen molar-refractivity contribution < 1.29 is 14.4 Å². The molecule has 2 fully saturated rings. The lowest BCUT2D eigenvalue weighted by atomic mass is 10.0. The third kappa shape index (κ3) is 1.69. The quantitative estimate of drug-likeness (QED) is 0.494. The van der Waals surface area contributed by atoms with Crippen LogP contribution in [0, 0.1) is 0 Å². The lowest BCUT2D eigenvalue weighted by molar-refractivity contribution is -0.0584. The number of alkyl halides is 1. The van der Waals surface area contributed by atoms with Crippen molar-refractivity contribution in [1.29, 1.82) is 0 Å². The zero-order valence-electron chi connectivity index (χ0n) is 8.91. The summed E-state index contributed by atoms with van der Waals surface area (Å²) >= 11 is 2.14. The highest BCUT2D eigenvalue weighted by molar-refractivity contribution is 14.1. The normalized spacial score (nSPS) is 28.0. The minimum Gasteiger partial charge on any atom is -0.422 e. The maximum atomic E-state index is 11.8. The fourth-order valence-corrected chi connectivity index (χ4v) is 2.67. The average molecular weight is 350 g/mol. The van der Waals surface area contributed by atoms with Crippen LogP contribution in [0.15, 0.2) is 4.42 Å². The molecule has 2 amide bonds. The van der Waals surface area contributed by atoms with Crippen molar-refractivity contribution in [3.8, 4) is 0 Å². The summed E-state index contributed by atoms with van der Waals surface area (Å²) in [4.78, 5) is 13.4. The van der Waals surface area contributed by atoms with Crippen molar-refractivity contribution in [3.63, 3.8) is 0 Å². The molecule has 0 aromatic carbocycles. The van der Waals surface area contributed by atoms with E-state index in [9.17, 15) is 10.0 Å². The highest BCUT2D eigenvalue weighted by Gasteiger charge is 2.46. The molecule has 3 rings (SSSR count). The Labute approximate surface area is 111 Å². The lowest BCUT2D eigenvalue weighted by Crippen LogP contribution is -2.34. The first-order chi connectivity index (χ1) is 8.20. The molecule has 17 heavy (non-hydrogen) atoms. The van der Waals surface area contributed by atoms with Crippen LogP contribution in [0.5, 0.6) is 0 Å². The molecule has 8 heteroatoms. The van der Waals surface area contributed by atoms with Crippen LogP contribution in [0.25, 0.3) is 0 Å². The Morgan fingerprint density at radius 2 is 2.29 bits per heavy atom. The van der Waals surface area contributed by atoms with Gasteiger partial charge >= 0.3 is 6.03 Å². The van der Waals surface area contributed by atoms with Gasteiger partial charge in [0, 0.05) is 6.54 Å². The molecule has 2 bridgehead atoms. The molecule has 2 atom stereocenters. The van der Waals surface area contributed by atoms with Crippen LogP contribution >= 0.6 is 22.6 Å². The van der Waals surface area contributed by atoms with Crippen molar-refractivity contribution in [1.82, 2.24) is 20.2 Å². The molecular formula is C9H11IN4O3. The summed E-state index contributed by atoms with van der Waals surface area (Å²) in [6.07, 6.45) is 1.50. The van der Waals surface area contributed by atoms with E-state index in [4.69, 9.17) is 4.42 Å². The Bertz CT molecular complexity index is 451. The molecular weight excluding hydrogens is 339 g/mol. The number of halogens is 1. The Balaban J connectivity index is 1.87. The van der Waals surface area contributed by atoms with Crippen LogP contribution in [0.2, 0.25) is 0 Å². The van der Waals surface area contributed by atoms with E-state index in [1.54, 1.807) is 4.90 Å². The topological polar surface area (TPSA) is 82.7 Å². The van der Waals surface area contributed by atoms with Gasteiger partial charge in [0.05, 0.1) is 10.5 Å². The zero-order chi connectivity index (χ0) is 12.0. The van der Waals surface area contributed by atoms with E-state index in [2.05, 4.69) is 32.8 Å². The number of amides is 2. The molecule has 0 aliphatic carbocycles. The van der Waals surface area contributed by atoms with Crippen LogP contribution in [0.1, 0.15) is 30.7 Å². The Morgan fingerprint density at radius 1 is 1.47 bits per heavy atom. The van der Waals surface area contributed by atoms with E-state index in [1.807, 2.05) is 0 Å². The Morgan fingerprint density at radius 3 is 3.00 bits per heavy atom. The minimum atomic E-state index is -0.369. The number of aromatic nitrogens is 2. The first-order valence-corrected chi connectivity index (χ1v) is 6.90. The second kappa shape index (κ2) is 4.09. The second-order valence-electron chi connectivity index (χ2n) is 4.19. The number of hydrogen-bond donors (Lipinski definition) is 1. The summed E-state index contributed by atoms with van der Waals surface area (Å²) < 4.78 is 6.14. The Kier molecular flexibility index (Phi) is 2.69. The van der Waals surface area contributed by atoms with E-state index in [0.717, 1.165) is 17.9 Å². The summed E-state index contributed by atoms with van der Waals surface area (Å²) in [5.41, 5.74) is 0. The maximum Gasteiger partial charge on any atom is 0.344 e. The van der Waals surface area contributed by atoms with Crippen molar-refractivity contribution >= 4 is 28.6 Å². The predicted octanol–water partition coefficient (Wildman–Crippen LogP) is 1.33. The van der Waals surface area contributed by atoms with Gasteiger partial charge in [0.2, 0.25) is 11.8 Å². The molecule has 0 unspecified atom stereocenters. The number of fused-ring (bicyclic) bond motifs is 2. The van der Waals surface area contributed by atoms with Gasteiger partial charge in [0.15, 0.2) is 0 Å². The van der Waals surface area contributed by atoms with Crippen LogP contribution in [-0.4, -0.2) is 44.0 Å². The van der Waals surface area contributed by atoms with Gasteiger partial charge in [-0.25, -0.2) is 9.86 Å². The third-order valence-corrected chi connectivity index (χ3v) is 3.88. The number of rotatable bonds is 2. The van der Waals surface area contributed by atoms with Gasteiger partial charge in [-0.05, 0) is 12.8 Å². The van der Waals surface area contributed by atoms with Gasteiger partial charge in [0.1, 0.15) is 6.04 Å². The molecule has 0 spiro atoms. The number of nitrogens with zero attached hydrogens (tertiary/aromatic N) is 4. The van der Waals surface area contributed by atoms with Crippen molar-refractivity contribution in [2.24, 2.45) is 0 Å². The van der Waals surface area contributed by atoms with E-state index < -0.39 is 0 Å². The van der Waals surface area contributed by atoms with Crippen molar-refractivity contribution in [2.75, 3.05) is 6.54 Å². The predicted molar refractivity (Wildman–Crippen MR) is 63.5 cm³/mol. The standard InChI is InChI=1S/C9H11IN4O3/c10-3-7-11-12-8(17-7)6-2-1-5-4-13(6)9(15)14(5)16/h5-6,16H,1-4H2/t5-,6-/m0/s1. The highest BCUT2D eigenvalue weighted by atomic mass is 127. The summed E-state index contributed by atoms with van der Waals surface area (Å²) in [6, 6.07) is -0.655. The first-order valence-electron chi connectivity index (χ1n) is 5.37. The number of urea groups is 1. The molecule has 2 saturated heterocycles. The van der Waals surface area contributed by atoms with Gasteiger partial charge in [0.25, 0.3) is 0 Å². The molecule has 0 radical (unpaired) electrons.